The number of hydrogen-bond acceptors (Lipinski definition) is 2. The highest BCUT2D eigenvalue weighted by molar-refractivity contribution is 5.91. The molecule has 2 rings (SSSR count). The highest BCUT2D eigenvalue weighted by Crippen LogP contribution is 2.18. The van der Waals surface area contributed by atoms with Crippen molar-refractivity contribution >= 4 is 12.0 Å². The molecule has 0 radical (unpaired) electrons. The third-order valence-electron chi connectivity index (χ3n) is 2.59. The Morgan fingerprint density at radius 2 is 1.89 bits per heavy atom. The van der Waals surface area contributed by atoms with Gasteiger partial charge in [-0.1, -0.05) is 30.3 Å². The second-order valence-corrected chi connectivity index (χ2v) is 3.97. The molecule has 0 fully saturated rings. The lowest BCUT2D eigenvalue weighted by molar-refractivity contribution is -0.132. The monoisotopic (exact) mass is 239 g/mol. The van der Waals surface area contributed by atoms with E-state index in [4.69, 9.17) is 5.11 Å². The average molecular weight is 239 g/mol. The van der Waals surface area contributed by atoms with Crippen LogP contribution in [0.3, 0.4) is 0 Å². The maximum absolute atomic E-state index is 10.7. The maximum atomic E-state index is 10.7. The second-order valence-electron chi connectivity index (χ2n) is 3.97. The topological polar surface area (TPSA) is 50.2 Å². The van der Waals surface area contributed by atoms with Crippen molar-refractivity contribution in [3.8, 4) is 11.3 Å². The molecule has 1 aromatic heterocycles. The van der Waals surface area contributed by atoms with Gasteiger partial charge in [0.2, 0.25) is 0 Å². The number of carboxylic acid groups (broad SMARTS) is 1. The molecule has 0 unspecified atom stereocenters. The Morgan fingerprint density at radius 1 is 1.17 bits per heavy atom. The number of rotatable bonds is 3. The lowest BCUT2D eigenvalue weighted by Crippen LogP contribution is -1.95. The first-order valence-electron chi connectivity index (χ1n) is 5.60. The molecule has 0 aliphatic heterocycles. The smallest absolute Gasteiger partial charge is 0.331 e. The van der Waals surface area contributed by atoms with E-state index in [1.54, 1.807) is 19.2 Å². The molecular formula is C15H13NO2. The van der Waals surface area contributed by atoms with Crippen molar-refractivity contribution in [1.82, 2.24) is 4.98 Å². The molecule has 0 saturated carbocycles. The zero-order valence-electron chi connectivity index (χ0n) is 10.00. The molecule has 0 bridgehead atoms. The molecule has 18 heavy (non-hydrogen) atoms. The fraction of sp³-hybridized carbons (Fsp3) is 0.0667. The summed E-state index contributed by atoms with van der Waals surface area (Å²) in [5.41, 5.74) is 3.11. The molecule has 3 nitrogen and oxygen atoms in total. The summed E-state index contributed by atoms with van der Waals surface area (Å²) in [6.45, 7) is 1.58. The molecule has 2 aromatic rings. The van der Waals surface area contributed by atoms with E-state index in [1.807, 2.05) is 42.5 Å². The Morgan fingerprint density at radius 3 is 2.44 bits per heavy atom. The van der Waals surface area contributed by atoms with Crippen LogP contribution in [0.15, 0.2) is 54.2 Å². The van der Waals surface area contributed by atoms with Gasteiger partial charge in [0.25, 0.3) is 0 Å². The fourth-order valence-corrected chi connectivity index (χ4v) is 1.60. The molecule has 0 atom stereocenters. The first kappa shape index (κ1) is 12.0. The van der Waals surface area contributed by atoms with Crippen molar-refractivity contribution in [1.29, 1.82) is 0 Å². The Labute approximate surface area is 105 Å². The summed E-state index contributed by atoms with van der Waals surface area (Å²) in [5, 5.41) is 8.80. The average Bonchev–Trinajstić information content (AvgIpc) is 2.40. The molecule has 0 spiro atoms. The standard InChI is InChI=1S/C15H13NO2/c1-11(15(17)18)10-12-5-7-13(8-6-12)14-4-2-3-9-16-14/h2-10H,1H3,(H,17,18)/b11-10+. The van der Waals surface area contributed by atoms with Crippen LogP contribution in [-0.2, 0) is 4.79 Å². The maximum Gasteiger partial charge on any atom is 0.331 e. The number of carboxylic acids is 1. The van der Waals surface area contributed by atoms with Gasteiger partial charge in [-0.05, 0) is 30.7 Å². The van der Waals surface area contributed by atoms with Crippen molar-refractivity contribution in [2.45, 2.75) is 6.92 Å². The van der Waals surface area contributed by atoms with E-state index in [-0.39, 0.29) is 0 Å². The number of aliphatic carboxylic acids is 1. The molecule has 0 saturated heterocycles. The van der Waals surface area contributed by atoms with Gasteiger partial charge in [-0.3, -0.25) is 4.98 Å². The summed E-state index contributed by atoms with van der Waals surface area (Å²) in [5.74, 6) is -0.899. The SMILES string of the molecule is C/C(=C\c1ccc(-c2ccccn2)cc1)C(=O)O. The quantitative estimate of drug-likeness (QED) is 0.836. The zero-order valence-corrected chi connectivity index (χ0v) is 10.00. The van der Waals surface area contributed by atoms with E-state index in [0.29, 0.717) is 5.57 Å². The number of hydrogen-bond donors (Lipinski definition) is 1. The van der Waals surface area contributed by atoms with Gasteiger partial charge in [-0.2, -0.15) is 0 Å². The van der Waals surface area contributed by atoms with Gasteiger partial charge in [0.05, 0.1) is 5.69 Å². The third kappa shape index (κ3) is 2.83. The van der Waals surface area contributed by atoms with Crippen LogP contribution in [0.1, 0.15) is 12.5 Å². The summed E-state index contributed by atoms with van der Waals surface area (Å²) in [6, 6.07) is 13.4. The largest absolute Gasteiger partial charge is 0.478 e. The lowest BCUT2D eigenvalue weighted by atomic mass is 10.1. The Bertz CT molecular complexity index is 571. The minimum absolute atomic E-state index is 0.320. The Hall–Kier alpha value is -2.42. The predicted octanol–water partition coefficient (Wildman–Crippen LogP) is 3.24. The van der Waals surface area contributed by atoms with Gasteiger partial charge in [0, 0.05) is 17.3 Å². The zero-order chi connectivity index (χ0) is 13.0. The van der Waals surface area contributed by atoms with E-state index in [2.05, 4.69) is 4.98 Å². The van der Waals surface area contributed by atoms with Crippen LogP contribution in [0.5, 0.6) is 0 Å². The summed E-state index contributed by atoms with van der Waals surface area (Å²) in [6.07, 6.45) is 3.39. The van der Waals surface area contributed by atoms with Gasteiger partial charge >= 0.3 is 5.97 Å². The number of nitrogens with zero attached hydrogens (tertiary/aromatic N) is 1. The van der Waals surface area contributed by atoms with Gasteiger partial charge in [0.1, 0.15) is 0 Å². The van der Waals surface area contributed by atoms with E-state index in [1.165, 1.54) is 0 Å². The first-order chi connectivity index (χ1) is 8.66. The molecule has 1 aromatic carbocycles. The van der Waals surface area contributed by atoms with Gasteiger partial charge in [-0.25, -0.2) is 4.79 Å². The fourth-order valence-electron chi connectivity index (χ4n) is 1.60. The van der Waals surface area contributed by atoms with Crippen LogP contribution in [-0.4, -0.2) is 16.1 Å². The predicted molar refractivity (Wildman–Crippen MR) is 71.0 cm³/mol. The molecular weight excluding hydrogens is 226 g/mol. The highest BCUT2D eigenvalue weighted by atomic mass is 16.4. The normalized spacial score (nSPS) is 11.3. The summed E-state index contributed by atoms with van der Waals surface area (Å²) in [7, 11) is 0. The van der Waals surface area contributed by atoms with Gasteiger partial charge in [0.15, 0.2) is 0 Å². The van der Waals surface area contributed by atoms with E-state index < -0.39 is 5.97 Å². The summed E-state index contributed by atoms with van der Waals surface area (Å²) < 4.78 is 0. The Kier molecular flexibility index (Phi) is 3.53. The van der Waals surface area contributed by atoms with Crippen LogP contribution >= 0.6 is 0 Å². The molecule has 90 valence electrons. The van der Waals surface area contributed by atoms with E-state index in [9.17, 15) is 4.79 Å². The molecule has 1 N–H and O–H groups in total. The molecule has 0 aliphatic carbocycles. The minimum atomic E-state index is -0.899. The first-order valence-corrected chi connectivity index (χ1v) is 5.60. The van der Waals surface area contributed by atoms with Gasteiger partial charge < -0.3 is 5.11 Å². The van der Waals surface area contributed by atoms with Crippen LogP contribution in [0.4, 0.5) is 0 Å². The van der Waals surface area contributed by atoms with Gasteiger partial charge in [-0.15, -0.1) is 0 Å². The van der Waals surface area contributed by atoms with E-state index >= 15 is 0 Å². The van der Waals surface area contributed by atoms with Crippen LogP contribution in [0.25, 0.3) is 17.3 Å². The van der Waals surface area contributed by atoms with Crippen LogP contribution < -0.4 is 0 Å². The number of pyridine rings is 1. The van der Waals surface area contributed by atoms with Crippen molar-refractivity contribution in [2.75, 3.05) is 0 Å². The summed E-state index contributed by atoms with van der Waals surface area (Å²) in [4.78, 5) is 15.0. The number of carbonyl (C=O) groups is 1. The van der Waals surface area contributed by atoms with Crippen LogP contribution in [0.2, 0.25) is 0 Å². The third-order valence-corrected chi connectivity index (χ3v) is 2.59. The molecule has 0 amide bonds. The Balaban J connectivity index is 2.26. The van der Waals surface area contributed by atoms with Crippen molar-refractivity contribution in [2.24, 2.45) is 0 Å². The van der Waals surface area contributed by atoms with Crippen molar-refractivity contribution in [3.63, 3.8) is 0 Å². The molecule has 3 heteroatoms. The van der Waals surface area contributed by atoms with E-state index in [0.717, 1.165) is 16.8 Å². The minimum Gasteiger partial charge on any atom is -0.478 e. The summed E-state index contributed by atoms with van der Waals surface area (Å²) >= 11 is 0. The lowest BCUT2D eigenvalue weighted by Gasteiger charge is -2.01. The number of benzene rings is 1. The molecule has 0 aliphatic rings. The molecule has 1 heterocycles. The number of aromatic nitrogens is 1. The highest BCUT2D eigenvalue weighted by Gasteiger charge is 2.01. The van der Waals surface area contributed by atoms with Crippen molar-refractivity contribution < 1.29 is 9.90 Å². The van der Waals surface area contributed by atoms with Crippen LogP contribution in [0, 0.1) is 0 Å². The van der Waals surface area contributed by atoms with Crippen molar-refractivity contribution in [3.05, 3.63) is 59.8 Å². The second kappa shape index (κ2) is 5.27.